The third kappa shape index (κ3) is 3.46. The molecule has 0 bridgehead atoms. The molecule has 0 atom stereocenters. The number of ether oxygens (including phenoxy) is 1. The van der Waals surface area contributed by atoms with Crippen molar-refractivity contribution in [2.45, 2.75) is 32.6 Å². The second-order valence-electron chi connectivity index (χ2n) is 4.14. The van der Waals surface area contributed by atoms with Crippen LogP contribution in [0.25, 0.3) is 0 Å². The second kappa shape index (κ2) is 7.21. The SMILES string of the molecule is CCCCCCOC(=O)c1c(F)c(F)c(F)c(F)c1F. The van der Waals surface area contributed by atoms with E-state index >= 15 is 0 Å². The quantitative estimate of drug-likeness (QED) is 0.259. The molecule has 0 unspecified atom stereocenters. The largest absolute Gasteiger partial charge is 0.462 e. The van der Waals surface area contributed by atoms with Crippen LogP contribution in [0.2, 0.25) is 0 Å². The Morgan fingerprint density at radius 3 is 1.85 bits per heavy atom. The standard InChI is InChI=1S/C13H13F5O2/c1-2-3-4-5-6-20-13(19)7-8(14)10(16)12(18)11(17)9(7)15/h2-6H2,1H3. The smallest absolute Gasteiger partial charge is 0.344 e. The maximum absolute atomic E-state index is 13.3. The van der Waals surface area contributed by atoms with Crippen molar-refractivity contribution in [1.82, 2.24) is 0 Å². The van der Waals surface area contributed by atoms with Crippen LogP contribution in [0.5, 0.6) is 0 Å². The lowest BCUT2D eigenvalue weighted by Gasteiger charge is -2.08. The molecule has 0 aromatic heterocycles. The Bertz CT molecular complexity index is 473. The first-order chi connectivity index (χ1) is 9.41. The van der Waals surface area contributed by atoms with E-state index in [1.807, 2.05) is 6.92 Å². The number of benzene rings is 1. The van der Waals surface area contributed by atoms with Crippen LogP contribution in [0.15, 0.2) is 0 Å². The van der Waals surface area contributed by atoms with Crippen molar-refractivity contribution in [1.29, 1.82) is 0 Å². The van der Waals surface area contributed by atoms with Crippen molar-refractivity contribution in [3.63, 3.8) is 0 Å². The number of hydrogen-bond donors (Lipinski definition) is 0. The predicted molar refractivity (Wildman–Crippen MR) is 60.7 cm³/mol. The highest BCUT2D eigenvalue weighted by molar-refractivity contribution is 5.90. The van der Waals surface area contributed by atoms with Crippen molar-refractivity contribution >= 4 is 5.97 Å². The summed E-state index contributed by atoms with van der Waals surface area (Å²) in [7, 11) is 0. The Morgan fingerprint density at radius 2 is 1.35 bits per heavy atom. The Hall–Kier alpha value is -1.66. The lowest BCUT2D eigenvalue weighted by molar-refractivity contribution is 0.0483. The van der Waals surface area contributed by atoms with E-state index in [9.17, 15) is 26.7 Å². The van der Waals surface area contributed by atoms with E-state index in [0.717, 1.165) is 19.3 Å². The molecule has 1 aromatic rings. The van der Waals surface area contributed by atoms with Crippen LogP contribution in [0.1, 0.15) is 43.0 Å². The summed E-state index contributed by atoms with van der Waals surface area (Å²) >= 11 is 0. The van der Waals surface area contributed by atoms with Gasteiger partial charge in [-0.3, -0.25) is 0 Å². The van der Waals surface area contributed by atoms with E-state index in [1.165, 1.54) is 0 Å². The fraction of sp³-hybridized carbons (Fsp3) is 0.462. The summed E-state index contributed by atoms with van der Waals surface area (Å²) in [5, 5.41) is 0. The zero-order valence-electron chi connectivity index (χ0n) is 10.7. The first kappa shape index (κ1) is 16.4. The zero-order valence-corrected chi connectivity index (χ0v) is 10.7. The summed E-state index contributed by atoms with van der Waals surface area (Å²) in [5.74, 6) is -12.6. The summed E-state index contributed by atoms with van der Waals surface area (Å²) in [6.07, 6.45) is 3.02. The average Bonchev–Trinajstić information content (AvgIpc) is 2.43. The van der Waals surface area contributed by atoms with Gasteiger partial charge in [-0.15, -0.1) is 0 Å². The van der Waals surface area contributed by atoms with Crippen molar-refractivity contribution in [2.75, 3.05) is 6.61 Å². The molecule has 0 saturated carbocycles. The van der Waals surface area contributed by atoms with E-state index in [1.54, 1.807) is 0 Å². The minimum absolute atomic E-state index is 0.141. The monoisotopic (exact) mass is 296 g/mol. The molecule has 0 amide bonds. The van der Waals surface area contributed by atoms with Crippen LogP contribution >= 0.6 is 0 Å². The van der Waals surface area contributed by atoms with Gasteiger partial charge in [-0.1, -0.05) is 26.2 Å². The van der Waals surface area contributed by atoms with Gasteiger partial charge < -0.3 is 4.74 Å². The molecule has 0 aliphatic carbocycles. The molecule has 0 N–H and O–H groups in total. The van der Waals surface area contributed by atoms with E-state index in [2.05, 4.69) is 4.74 Å². The lowest BCUT2D eigenvalue weighted by atomic mass is 10.1. The Kier molecular flexibility index (Phi) is 5.91. The predicted octanol–water partition coefficient (Wildman–Crippen LogP) is 4.12. The fourth-order valence-electron chi connectivity index (χ4n) is 1.55. The van der Waals surface area contributed by atoms with Gasteiger partial charge in [0.2, 0.25) is 5.82 Å². The maximum Gasteiger partial charge on any atom is 0.344 e. The van der Waals surface area contributed by atoms with Crippen LogP contribution in [0.4, 0.5) is 22.0 Å². The number of hydrogen-bond acceptors (Lipinski definition) is 2. The molecule has 112 valence electrons. The van der Waals surface area contributed by atoms with Gasteiger partial charge >= 0.3 is 5.97 Å². The van der Waals surface area contributed by atoms with Crippen LogP contribution in [-0.4, -0.2) is 12.6 Å². The Balaban J connectivity index is 2.83. The van der Waals surface area contributed by atoms with Gasteiger partial charge in [-0.25, -0.2) is 26.7 Å². The number of carbonyl (C=O) groups is 1. The van der Waals surface area contributed by atoms with E-state index in [4.69, 9.17) is 0 Å². The molecule has 20 heavy (non-hydrogen) atoms. The summed E-state index contributed by atoms with van der Waals surface area (Å²) in [6, 6.07) is 0. The molecular weight excluding hydrogens is 283 g/mol. The summed E-state index contributed by atoms with van der Waals surface area (Å²) in [5.41, 5.74) is -1.56. The number of carbonyl (C=O) groups excluding carboxylic acids is 1. The Labute approximate surface area is 112 Å². The topological polar surface area (TPSA) is 26.3 Å². The number of rotatable bonds is 6. The summed E-state index contributed by atoms with van der Waals surface area (Å²) < 4.78 is 69.6. The molecule has 0 aliphatic heterocycles. The summed E-state index contributed by atoms with van der Waals surface area (Å²) in [6.45, 7) is 1.82. The van der Waals surface area contributed by atoms with Gasteiger partial charge in [-0.2, -0.15) is 0 Å². The van der Waals surface area contributed by atoms with Crippen molar-refractivity contribution < 1.29 is 31.5 Å². The van der Waals surface area contributed by atoms with Gasteiger partial charge in [0.05, 0.1) is 6.61 Å². The average molecular weight is 296 g/mol. The molecular formula is C13H13F5O2. The van der Waals surface area contributed by atoms with Crippen LogP contribution in [0, 0.1) is 29.1 Å². The van der Waals surface area contributed by atoms with Gasteiger partial charge in [0.25, 0.3) is 0 Å². The van der Waals surface area contributed by atoms with Gasteiger partial charge in [-0.05, 0) is 6.42 Å². The number of esters is 1. The van der Waals surface area contributed by atoms with Gasteiger partial charge in [0.15, 0.2) is 23.3 Å². The molecule has 0 heterocycles. The van der Waals surface area contributed by atoms with E-state index < -0.39 is 40.6 Å². The number of halogens is 5. The van der Waals surface area contributed by atoms with E-state index in [-0.39, 0.29) is 6.61 Å². The first-order valence-corrected chi connectivity index (χ1v) is 6.10. The third-order valence-corrected chi connectivity index (χ3v) is 2.64. The molecule has 0 aliphatic rings. The van der Waals surface area contributed by atoms with Gasteiger partial charge in [0, 0.05) is 0 Å². The summed E-state index contributed by atoms with van der Waals surface area (Å²) in [4.78, 5) is 11.4. The van der Waals surface area contributed by atoms with Gasteiger partial charge in [0.1, 0.15) is 5.56 Å². The normalized spacial score (nSPS) is 10.7. The van der Waals surface area contributed by atoms with E-state index in [0.29, 0.717) is 6.42 Å². The minimum atomic E-state index is -2.31. The maximum atomic E-state index is 13.3. The zero-order chi connectivity index (χ0) is 15.3. The van der Waals surface area contributed by atoms with Crippen molar-refractivity contribution in [2.24, 2.45) is 0 Å². The molecule has 7 heteroatoms. The fourth-order valence-corrected chi connectivity index (χ4v) is 1.55. The van der Waals surface area contributed by atoms with Crippen molar-refractivity contribution in [3.05, 3.63) is 34.6 Å². The van der Waals surface area contributed by atoms with Crippen LogP contribution in [0.3, 0.4) is 0 Å². The number of unbranched alkanes of at least 4 members (excludes halogenated alkanes) is 3. The molecule has 0 fully saturated rings. The Morgan fingerprint density at radius 1 is 0.850 bits per heavy atom. The third-order valence-electron chi connectivity index (χ3n) is 2.64. The highest BCUT2D eigenvalue weighted by Gasteiger charge is 2.30. The molecule has 0 spiro atoms. The highest BCUT2D eigenvalue weighted by atomic mass is 19.2. The highest BCUT2D eigenvalue weighted by Crippen LogP contribution is 2.23. The van der Waals surface area contributed by atoms with Crippen LogP contribution in [-0.2, 0) is 4.74 Å². The molecule has 0 saturated heterocycles. The van der Waals surface area contributed by atoms with Crippen molar-refractivity contribution in [3.8, 4) is 0 Å². The van der Waals surface area contributed by atoms with Crippen LogP contribution < -0.4 is 0 Å². The molecule has 2 nitrogen and oxygen atoms in total. The molecule has 1 aromatic carbocycles. The molecule has 1 rings (SSSR count). The minimum Gasteiger partial charge on any atom is -0.462 e. The lowest BCUT2D eigenvalue weighted by Crippen LogP contribution is -2.15. The molecule has 0 radical (unpaired) electrons. The second-order valence-corrected chi connectivity index (χ2v) is 4.14. The first-order valence-electron chi connectivity index (χ1n) is 6.10.